The molecule has 0 aliphatic carbocycles. The van der Waals surface area contributed by atoms with Gasteiger partial charge < -0.3 is 10.5 Å². The van der Waals surface area contributed by atoms with Gasteiger partial charge in [-0.05, 0) is 24.6 Å². The van der Waals surface area contributed by atoms with Crippen LogP contribution in [0.2, 0.25) is 0 Å². The number of nitrogen functional groups attached to an aromatic ring is 1. The number of nitrogens with zero attached hydrogens (tertiary/aromatic N) is 1. The second-order valence-electron chi connectivity index (χ2n) is 3.58. The van der Waals surface area contributed by atoms with Crippen LogP contribution in [0, 0.1) is 6.92 Å². The lowest BCUT2D eigenvalue weighted by Crippen LogP contribution is -2.07. The number of esters is 1. The van der Waals surface area contributed by atoms with Crippen LogP contribution in [0.4, 0.5) is 5.69 Å². The summed E-state index contributed by atoms with van der Waals surface area (Å²) in [5.41, 5.74) is 7.54. The highest BCUT2D eigenvalue weighted by Gasteiger charge is 2.11. The van der Waals surface area contributed by atoms with Crippen LogP contribution in [-0.4, -0.2) is 11.0 Å². The van der Waals surface area contributed by atoms with Gasteiger partial charge in [-0.2, -0.15) is 0 Å². The van der Waals surface area contributed by atoms with Gasteiger partial charge in [-0.25, -0.2) is 9.78 Å². The van der Waals surface area contributed by atoms with Crippen molar-refractivity contribution in [3.8, 4) is 0 Å². The topological polar surface area (TPSA) is 65.2 Å². The summed E-state index contributed by atoms with van der Waals surface area (Å²) in [5.74, 6) is -0.370. The maximum atomic E-state index is 11.8. The molecule has 1 heterocycles. The van der Waals surface area contributed by atoms with E-state index in [1.165, 1.54) is 11.3 Å². The van der Waals surface area contributed by atoms with Crippen LogP contribution in [0.15, 0.2) is 29.8 Å². The Labute approximate surface area is 103 Å². The lowest BCUT2D eigenvalue weighted by Gasteiger charge is -2.06. The molecule has 1 aromatic carbocycles. The van der Waals surface area contributed by atoms with Crippen molar-refractivity contribution in [3.05, 3.63) is 45.9 Å². The minimum Gasteiger partial charge on any atom is -0.455 e. The second kappa shape index (κ2) is 4.97. The highest BCUT2D eigenvalue weighted by Crippen LogP contribution is 2.15. The molecule has 0 radical (unpaired) electrons. The van der Waals surface area contributed by atoms with Crippen LogP contribution in [-0.2, 0) is 11.3 Å². The Bertz CT molecular complexity index is 523. The molecule has 0 spiro atoms. The number of thiazole rings is 1. The average Bonchev–Trinajstić information content (AvgIpc) is 2.82. The number of carbonyl (C=O) groups is 1. The van der Waals surface area contributed by atoms with E-state index in [4.69, 9.17) is 10.5 Å². The number of benzene rings is 1. The van der Waals surface area contributed by atoms with E-state index in [9.17, 15) is 4.79 Å². The van der Waals surface area contributed by atoms with Crippen molar-refractivity contribution < 1.29 is 9.53 Å². The number of nitrogens with two attached hydrogens (primary N) is 1. The number of anilines is 1. The zero-order valence-electron chi connectivity index (χ0n) is 9.34. The van der Waals surface area contributed by atoms with E-state index in [0.717, 1.165) is 10.6 Å². The fraction of sp³-hybridized carbons (Fsp3) is 0.167. The van der Waals surface area contributed by atoms with Crippen LogP contribution < -0.4 is 5.73 Å². The van der Waals surface area contributed by atoms with Crippen molar-refractivity contribution in [3.63, 3.8) is 0 Å². The fourth-order valence-corrected chi connectivity index (χ4v) is 1.92. The summed E-state index contributed by atoms with van der Waals surface area (Å²) in [7, 11) is 0. The highest BCUT2D eigenvalue weighted by atomic mass is 32.1. The fourth-order valence-electron chi connectivity index (χ4n) is 1.39. The molecule has 2 rings (SSSR count). The molecule has 17 heavy (non-hydrogen) atoms. The van der Waals surface area contributed by atoms with E-state index < -0.39 is 0 Å². The van der Waals surface area contributed by atoms with Gasteiger partial charge in [-0.3, -0.25) is 0 Å². The molecular weight excluding hydrogens is 236 g/mol. The van der Waals surface area contributed by atoms with Crippen LogP contribution in [0.25, 0.3) is 0 Å². The predicted molar refractivity (Wildman–Crippen MR) is 66.8 cm³/mol. The number of hydrogen-bond donors (Lipinski definition) is 1. The number of aryl methyl sites for hydroxylation is 1. The molecule has 0 fully saturated rings. The van der Waals surface area contributed by atoms with Crippen LogP contribution in [0.1, 0.15) is 20.9 Å². The first-order valence-corrected chi connectivity index (χ1v) is 5.96. The van der Waals surface area contributed by atoms with Gasteiger partial charge in [0.2, 0.25) is 0 Å². The maximum Gasteiger partial charge on any atom is 0.338 e. The Kier molecular flexibility index (Phi) is 3.39. The molecule has 0 saturated heterocycles. The number of aromatic nitrogens is 1. The van der Waals surface area contributed by atoms with Gasteiger partial charge in [0.1, 0.15) is 11.6 Å². The Morgan fingerprint density at radius 3 is 3.06 bits per heavy atom. The summed E-state index contributed by atoms with van der Waals surface area (Å²) in [5, 5.41) is 2.62. The first-order valence-electron chi connectivity index (χ1n) is 5.08. The maximum absolute atomic E-state index is 11.8. The van der Waals surface area contributed by atoms with Crippen molar-refractivity contribution in [2.75, 3.05) is 5.73 Å². The van der Waals surface area contributed by atoms with Crippen molar-refractivity contribution >= 4 is 23.0 Å². The van der Waals surface area contributed by atoms with Gasteiger partial charge in [0.15, 0.2) is 0 Å². The number of hydrogen-bond acceptors (Lipinski definition) is 5. The van der Waals surface area contributed by atoms with E-state index in [1.54, 1.807) is 24.4 Å². The first kappa shape index (κ1) is 11.6. The molecule has 88 valence electrons. The van der Waals surface area contributed by atoms with E-state index >= 15 is 0 Å². The SMILES string of the molecule is Cc1ccc(N)cc1C(=O)OCc1nccs1. The number of ether oxygens (including phenoxy) is 1. The predicted octanol–water partition coefficient (Wildman–Crippen LogP) is 2.39. The third kappa shape index (κ3) is 2.82. The molecule has 0 aliphatic rings. The summed E-state index contributed by atoms with van der Waals surface area (Å²) >= 11 is 1.45. The normalized spacial score (nSPS) is 10.2. The molecule has 5 heteroatoms. The highest BCUT2D eigenvalue weighted by molar-refractivity contribution is 7.09. The Morgan fingerprint density at radius 1 is 1.53 bits per heavy atom. The summed E-state index contributed by atoms with van der Waals surface area (Å²) in [6.45, 7) is 2.05. The molecule has 0 amide bonds. The quantitative estimate of drug-likeness (QED) is 0.669. The summed E-state index contributed by atoms with van der Waals surface area (Å²) < 4.78 is 5.16. The molecule has 0 saturated carbocycles. The van der Waals surface area contributed by atoms with Gasteiger partial charge >= 0.3 is 5.97 Å². The lowest BCUT2D eigenvalue weighted by molar-refractivity contribution is 0.0471. The summed E-state index contributed by atoms with van der Waals surface area (Å²) in [4.78, 5) is 15.9. The standard InChI is InChI=1S/C12H12N2O2S/c1-8-2-3-9(13)6-10(8)12(15)16-7-11-14-4-5-17-11/h2-6H,7,13H2,1H3. The largest absolute Gasteiger partial charge is 0.455 e. The van der Waals surface area contributed by atoms with E-state index in [1.807, 2.05) is 12.3 Å². The summed E-state index contributed by atoms with van der Waals surface area (Å²) in [6, 6.07) is 5.18. The van der Waals surface area contributed by atoms with Crippen LogP contribution in [0.3, 0.4) is 0 Å². The monoisotopic (exact) mass is 248 g/mol. The molecule has 1 aromatic heterocycles. The molecule has 0 unspecified atom stereocenters. The Hall–Kier alpha value is -1.88. The molecular formula is C12H12N2O2S. The first-order chi connectivity index (χ1) is 8.16. The molecule has 0 aliphatic heterocycles. The molecule has 0 bridgehead atoms. The third-order valence-corrected chi connectivity index (χ3v) is 3.04. The van der Waals surface area contributed by atoms with Gasteiger partial charge in [0.25, 0.3) is 0 Å². The number of rotatable bonds is 3. The zero-order valence-corrected chi connectivity index (χ0v) is 10.2. The molecule has 2 aromatic rings. The van der Waals surface area contributed by atoms with E-state index in [2.05, 4.69) is 4.98 Å². The van der Waals surface area contributed by atoms with Crippen molar-refractivity contribution in [2.45, 2.75) is 13.5 Å². The minimum atomic E-state index is -0.370. The van der Waals surface area contributed by atoms with Gasteiger partial charge in [0.05, 0.1) is 5.56 Å². The van der Waals surface area contributed by atoms with Crippen LogP contribution >= 0.6 is 11.3 Å². The average molecular weight is 248 g/mol. The molecule has 0 atom stereocenters. The third-order valence-electron chi connectivity index (χ3n) is 2.29. The second-order valence-corrected chi connectivity index (χ2v) is 4.56. The van der Waals surface area contributed by atoms with Gasteiger partial charge in [-0.15, -0.1) is 11.3 Å². The van der Waals surface area contributed by atoms with Gasteiger partial charge in [-0.1, -0.05) is 6.07 Å². The van der Waals surface area contributed by atoms with Crippen molar-refractivity contribution in [1.82, 2.24) is 4.98 Å². The van der Waals surface area contributed by atoms with Gasteiger partial charge in [0, 0.05) is 17.3 Å². The van der Waals surface area contributed by atoms with E-state index in [-0.39, 0.29) is 12.6 Å². The molecule has 2 N–H and O–H groups in total. The number of carbonyl (C=O) groups excluding carboxylic acids is 1. The Balaban J connectivity index is 2.07. The molecule has 4 nitrogen and oxygen atoms in total. The minimum absolute atomic E-state index is 0.199. The summed E-state index contributed by atoms with van der Waals surface area (Å²) in [6.07, 6.45) is 1.68. The Morgan fingerprint density at radius 2 is 2.35 bits per heavy atom. The smallest absolute Gasteiger partial charge is 0.338 e. The van der Waals surface area contributed by atoms with Crippen molar-refractivity contribution in [2.24, 2.45) is 0 Å². The lowest BCUT2D eigenvalue weighted by atomic mass is 10.1. The zero-order chi connectivity index (χ0) is 12.3. The van der Waals surface area contributed by atoms with Crippen LogP contribution in [0.5, 0.6) is 0 Å². The van der Waals surface area contributed by atoms with Crippen molar-refractivity contribution in [1.29, 1.82) is 0 Å². The van der Waals surface area contributed by atoms with E-state index in [0.29, 0.717) is 11.3 Å².